The highest BCUT2D eigenvalue weighted by Gasteiger charge is 2.10. The number of aliphatic hydroxyl groups is 1. The van der Waals surface area contributed by atoms with Crippen molar-refractivity contribution in [2.45, 2.75) is 6.10 Å². The first kappa shape index (κ1) is 15.0. The second-order valence-corrected chi connectivity index (χ2v) is 5.17. The number of rotatable bonds is 4. The van der Waals surface area contributed by atoms with E-state index in [2.05, 4.69) is 15.6 Å². The molecule has 0 radical (unpaired) electrons. The topological polar surface area (TPSA) is 74.2 Å². The summed E-state index contributed by atoms with van der Waals surface area (Å²) in [5.41, 5.74) is 0.766. The molecule has 0 aliphatic carbocycles. The molecule has 3 aromatic rings. The Morgan fingerprint density at radius 2 is 1.83 bits per heavy atom. The number of hydrogen-bond donors (Lipinski definition) is 3. The van der Waals surface area contributed by atoms with E-state index in [1.165, 1.54) is 0 Å². The monoisotopic (exact) mass is 307 g/mol. The van der Waals surface area contributed by atoms with Crippen molar-refractivity contribution in [3.8, 4) is 0 Å². The Bertz CT molecular complexity index is 805. The van der Waals surface area contributed by atoms with Crippen LogP contribution < -0.4 is 10.6 Å². The molecule has 1 atom stereocenters. The molecule has 116 valence electrons. The van der Waals surface area contributed by atoms with Crippen LogP contribution >= 0.6 is 0 Å². The number of hydrogen-bond acceptors (Lipinski definition) is 3. The zero-order valence-corrected chi connectivity index (χ0v) is 12.4. The van der Waals surface area contributed by atoms with Gasteiger partial charge in [-0.15, -0.1) is 0 Å². The normalized spacial score (nSPS) is 11.9. The molecule has 2 amide bonds. The number of fused-ring (bicyclic) bond motifs is 1. The van der Waals surface area contributed by atoms with E-state index in [1.807, 2.05) is 42.5 Å². The molecule has 0 bridgehead atoms. The third-order valence-corrected chi connectivity index (χ3v) is 3.52. The number of carbonyl (C=O) groups is 1. The molecule has 0 fully saturated rings. The smallest absolute Gasteiger partial charge is 0.320 e. The highest BCUT2D eigenvalue weighted by atomic mass is 16.3. The summed E-state index contributed by atoms with van der Waals surface area (Å²) in [7, 11) is 0. The zero-order valence-electron chi connectivity index (χ0n) is 12.4. The van der Waals surface area contributed by atoms with Crippen molar-refractivity contribution in [3.05, 3.63) is 72.4 Å². The lowest BCUT2D eigenvalue weighted by atomic mass is 10.0. The first-order valence-electron chi connectivity index (χ1n) is 7.35. The fraction of sp³-hybridized carbons (Fsp3) is 0.111. The van der Waals surface area contributed by atoms with E-state index in [0.29, 0.717) is 5.82 Å². The summed E-state index contributed by atoms with van der Waals surface area (Å²) in [5, 5.41) is 17.7. The summed E-state index contributed by atoms with van der Waals surface area (Å²) in [6, 6.07) is 18.5. The third-order valence-electron chi connectivity index (χ3n) is 3.52. The average Bonchev–Trinajstić information content (AvgIpc) is 2.60. The molecule has 5 heteroatoms. The van der Waals surface area contributed by atoms with Crippen LogP contribution in [-0.4, -0.2) is 22.7 Å². The van der Waals surface area contributed by atoms with Gasteiger partial charge in [0.2, 0.25) is 0 Å². The highest BCUT2D eigenvalue weighted by Crippen LogP contribution is 2.20. The van der Waals surface area contributed by atoms with Gasteiger partial charge in [-0.25, -0.2) is 9.78 Å². The SMILES string of the molecule is O=C(NCC(O)c1ccc2ccccc2c1)Nc1ccccn1. The average molecular weight is 307 g/mol. The van der Waals surface area contributed by atoms with Crippen LogP contribution in [0.5, 0.6) is 0 Å². The van der Waals surface area contributed by atoms with Crippen LogP contribution in [0.3, 0.4) is 0 Å². The van der Waals surface area contributed by atoms with Crippen LogP contribution in [0, 0.1) is 0 Å². The Balaban J connectivity index is 1.59. The fourth-order valence-corrected chi connectivity index (χ4v) is 2.32. The minimum atomic E-state index is -0.769. The number of aromatic nitrogens is 1. The largest absolute Gasteiger partial charge is 0.387 e. The first-order valence-corrected chi connectivity index (χ1v) is 7.35. The predicted octanol–water partition coefficient (Wildman–Crippen LogP) is 3.09. The van der Waals surface area contributed by atoms with E-state index < -0.39 is 12.1 Å². The zero-order chi connectivity index (χ0) is 16.1. The number of amides is 2. The van der Waals surface area contributed by atoms with Gasteiger partial charge in [-0.3, -0.25) is 5.32 Å². The summed E-state index contributed by atoms with van der Waals surface area (Å²) in [4.78, 5) is 15.8. The maximum atomic E-state index is 11.8. The van der Waals surface area contributed by atoms with Crippen molar-refractivity contribution in [1.82, 2.24) is 10.3 Å². The fourth-order valence-electron chi connectivity index (χ4n) is 2.32. The molecule has 0 aliphatic rings. The number of carbonyl (C=O) groups excluding carboxylic acids is 1. The van der Waals surface area contributed by atoms with Gasteiger partial charge in [0.05, 0.1) is 6.10 Å². The van der Waals surface area contributed by atoms with Crippen molar-refractivity contribution < 1.29 is 9.90 Å². The van der Waals surface area contributed by atoms with Gasteiger partial charge in [0.15, 0.2) is 0 Å². The summed E-state index contributed by atoms with van der Waals surface area (Å²) in [6.07, 6.45) is 0.827. The Labute approximate surface area is 134 Å². The molecule has 5 nitrogen and oxygen atoms in total. The van der Waals surface area contributed by atoms with Gasteiger partial charge in [0.1, 0.15) is 5.82 Å². The number of benzene rings is 2. The van der Waals surface area contributed by atoms with Crippen molar-refractivity contribution >= 4 is 22.6 Å². The van der Waals surface area contributed by atoms with Crippen molar-refractivity contribution in [2.75, 3.05) is 11.9 Å². The molecule has 3 rings (SSSR count). The molecule has 1 unspecified atom stereocenters. The van der Waals surface area contributed by atoms with Crippen LogP contribution in [0.1, 0.15) is 11.7 Å². The lowest BCUT2D eigenvalue weighted by Gasteiger charge is -2.13. The molecule has 3 N–H and O–H groups in total. The number of urea groups is 1. The van der Waals surface area contributed by atoms with E-state index in [9.17, 15) is 9.90 Å². The lowest BCUT2D eigenvalue weighted by Crippen LogP contribution is -2.32. The summed E-state index contributed by atoms with van der Waals surface area (Å²) in [5.74, 6) is 0.463. The predicted molar refractivity (Wildman–Crippen MR) is 90.2 cm³/mol. The van der Waals surface area contributed by atoms with E-state index in [1.54, 1.807) is 24.4 Å². The van der Waals surface area contributed by atoms with Crippen LogP contribution in [0.2, 0.25) is 0 Å². The Morgan fingerprint density at radius 3 is 2.61 bits per heavy atom. The minimum Gasteiger partial charge on any atom is -0.387 e. The lowest BCUT2D eigenvalue weighted by molar-refractivity contribution is 0.175. The van der Waals surface area contributed by atoms with Gasteiger partial charge < -0.3 is 10.4 Å². The van der Waals surface area contributed by atoms with Gasteiger partial charge in [-0.2, -0.15) is 0 Å². The molecule has 0 aliphatic heterocycles. The molecule has 1 aromatic heterocycles. The van der Waals surface area contributed by atoms with Gasteiger partial charge in [-0.1, -0.05) is 42.5 Å². The van der Waals surface area contributed by atoms with Crippen LogP contribution in [-0.2, 0) is 0 Å². The molecule has 1 heterocycles. The Morgan fingerprint density at radius 1 is 1.04 bits per heavy atom. The van der Waals surface area contributed by atoms with E-state index in [4.69, 9.17) is 0 Å². The number of aliphatic hydroxyl groups excluding tert-OH is 1. The molecule has 2 aromatic carbocycles. The second-order valence-electron chi connectivity index (χ2n) is 5.17. The van der Waals surface area contributed by atoms with Crippen molar-refractivity contribution in [2.24, 2.45) is 0 Å². The van der Waals surface area contributed by atoms with Crippen LogP contribution in [0.15, 0.2) is 66.9 Å². The maximum Gasteiger partial charge on any atom is 0.320 e. The van der Waals surface area contributed by atoms with Crippen LogP contribution in [0.4, 0.5) is 10.6 Å². The molecule has 23 heavy (non-hydrogen) atoms. The number of pyridine rings is 1. The van der Waals surface area contributed by atoms with E-state index in [0.717, 1.165) is 16.3 Å². The van der Waals surface area contributed by atoms with Gasteiger partial charge in [-0.05, 0) is 34.5 Å². The van der Waals surface area contributed by atoms with E-state index >= 15 is 0 Å². The van der Waals surface area contributed by atoms with E-state index in [-0.39, 0.29) is 6.54 Å². The first-order chi connectivity index (χ1) is 11.2. The molecule has 0 saturated carbocycles. The van der Waals surface area contributed by atoms with Gasteiger partial charge >= 0.3 is 6.03 Å². The molecule has 0 spiro atoms. The Hall–Kier alpha value is -2.92. The Kier molecular flexibility index (Phi) is 4.49. The summed E-state index contributed by atoms with van der Waals surface area (Å²) < 4.78 is 0. The minimum absolute atomic E-state index is 0.122. The van der Waals surface area contributed by atoms with Crippen LogP contribution in [0.25, 0.3) is 10.8 Å². The number of nitrogens with zero attached hydrogens (tertiary/aromatic N) is 1. The quantitative estimate of drug-likeness (QED) is 0.693. The standard InChI is InChI=1S/C18H17N3O2/c22-16(12-20-18(23)21-17-7-3-4-10-19-17)15-9-8-13-5-1-2-6-14(13)11-15/h1-11,16,22H,12H2,(H2,19,20,21,23). The van der Waals surface area contributed by atoms with Gasteiger partial charge in [0.25, 0.3) is 0 Å². The molecular formula is C18H17N3O2. The number of anilines is 1. The van der Waals surface area contributed by atoms with Gasteiger partial charge in [0, 0.05) is 12.7 Å². The number of nitrogens with one attached hydrogen (secondary N) is 2. The maximum absolute atomic E-state index is 11.8. The highest BCUT2D eigenvalue weighted by molar-refractivity contribution is 5.88. The van der Waals surface area contributed by atoms with Crippen molar-refractivity contribution in [3.63, 3.8) is 0 Å². The summed E-state index contributed by atoms with van der Waals surface area (Å²) >= 11 is 0. The summed E-state index contributed by atoms with van der Waals surface area (Å²) in [6.45, 7) is 0.122. The second kappa shape index (κ2) is 6.89. The van der Waals surface area contributed by atoms with Crippen molar-refractivity contribution in [1.29, 1.82) is 0 Å². The third kappa shape index (κ3) is 3.84. The molecular weight excluding hydrogens is 290 g/mol. The molecule has 0 saturated heterocycles.